The van der Waals surface area contributed by atoms with E-state index in [0.717, 1.165) is 45.3 Å². The number of nitrogens with one attached hydrogen (secondary N) is 1. The Bertz CT molecular complexity index is 755. The van der Waals surface area contributed by atoms with Gasteiger partial charge in [0.2, 0.25) is 0 Å². The fraction of sp³-hybridized carbons (Fsp3) is 0.571. The van der Waals surface area contributed by atoms with Gasteiger partial charge in [0.05, 0.1) is 12.5 Å². The second-order valence-electron chi connectivity index (χ2n) is 7.71. The maximum atomic E-state index is 12.6. The van der Waals surface area contributed by atoms with Crippen LogP contribution in [-0.2, 0) is 20.8 Å². The molecule has 3 heterocycles. The highest BCUT2D eigenvalue weighted by Gasteiger charge is 2.48. The van der Waals surface area contributed by atoms with Crippen molar-refractivity contribution < 1.29 is 14.3 Å². The highest BCUT2D eigenvalue weighted by molar-refractivity contribution is 5.80. The van der Waals surface area contributed by atoms with E-state index in [0.29, 0.717) is 19.1 Å². The third-order valence-corrected chi connectivity index (χ3v) is 6.37. The first-order valence-corrected chi connectivity index (χ1v) is 9.66. The third kappa shape index (κ3) is 3.26. The first-order chi connectivity index (χ1) is 12.7. The van der Waals surface area contributed by atoms with Crippen molar-refractivity contribution in [2.75, 3.05) is 33.4 Å². The van der Waals surface area contributed by atoms with Crippen LogP contribution in [0.25, 0.3) is 10.9 Å². The second-order valence-corrected chi connectivity index (χ2v) is 7.71. The summed E-state index contributed by atoms with van der Waals surface area (Å²) in [5.74, 6) is 0.374. The van der Waals surface area contributed by atoms with Crippen molar-refractivity contribution >= 4 is 16.9 Å². The number of hydrogen-bond donors (Lipinski definition) is 1. The van der Waals surface area contributed by atoms with Crippen molar-refractivity contribution in [2.45, 2.75) is 32.2 Å². The number of hydrogen-bond acceptors (Lipinski definition) is 4. The van der Waals surface area contributed by atoms with E-state index in [1.165, 1.54) is 23.6 Å². The molecule has 2 aromatic rings. The number of carbonyl (C=O) groups excluding carboxylic acids is 1. The predicted molar refractivity (Wildman–Crippen MR) is 101 cm³/mol. The summed E-state index contributed by atoms with van der Waals surface area (Å²) in [5.41, 5.74) is 2.21. The van der Waals surface area contributed by atoms with Gasteiger partial charge >= 0.3 is 5.97 Å². The number of aromatic amines is 1. The summed E-state index contributed by atoms with van der Waals surface area (Å²) in [6, 6.07) is 8.76. The summed E-state index contributed by atoms with van der Waals surface area (Å²) >= 11 is 0. The van der Waals surface area contributed by atoms with Crippen LogP contribution in [-0.4, -0.2) is 49.3 Å². The number of ether oxygens (including phenoxy) is 2. The third-order valence-electron chi connectivity index (χ3n) is 6.37. The van der Waals surface area contributed by atoms with Crippen molar-refractivity contribution in [3.8, 4) is 0 Å². The highest BCUT2D eigenvalue weighted by Crippen LogP contribution is 2.44. The number of H-pyrrole nitrogens is 1. The van der Waals surface area contributed by atoms with E-state index in [9.17, 15) is 4.79 Å². The Balaban J connectivity index is 1.40. The fourth-order valence-corrected chi connectivity index (χ4v) is 4.82. The van der Waals surface area contributed by atoms with Gasteiger partial charge in [-0.1, -0.05) is 6.07 Å². The van der Waals surface area contributed by atoms with Crippen LogP contribution in [0.4, 0.5) is 0 Å². The SMILES string of the molecule is COC(=O)C1(C2CCN(Cc3ccc4[nH]ccc4c3)CC2)CCOCC1. The van der Waals surface area contributed by atoms with Crippen LogP contribution in [0, 0.1) is 11.3 Å². The molecular formula is C21H28N2O3. The molecule has 0 aliphatic carbocycles. The van der Waals surface area contributed by atoms with Crippen LogP contribution in [0.5, 0.6) is 0 Å². The largest absolute Gasteiger partial charge is 0.469 e. The van der Waals surface area contributed by atoms with Gasteiger partial charge in [-0.05, 0) is 73.8 Å². The van der Waals surface area contributed by atoms with Gasteiger partial charge in [0, 0.05) is 31.5 Å². The molecule has 1 aromatic heterocycles. The number of likely N-dealkylation sites (tertiary alicyclic amines) is 1. The minimum Gasteiger partial charge on any atom is -0.469 e. The van der Waals surface area contributed by atoms with E-state index in [4.69, 9.17) is 9.47 Å². The number of piperidine rings is 1. The molecule has 0 saturated carbocycles. The Morgan fingerprint density at radius 2 is 2.04 bits per heavy atom. The molecule has 4 rings (SSSR count). The summed E-state index contributed by atoms with van der Waals surface area (Å²) in [5, 5.41) is 1.27. The van der Waals surface area contributed by atoms with Gasteiger partial charge in [-0.25, -0.2) is 0 Å². The lowest BCUT2D eigenvalue weighted by molar-refractivity contribution is -0.166. The summed E-state index contributed by atoms with van der Waals surface area (Å²) in [6.07, 6.45) is 5.70. The predicted octanol–water partition coefficient (Wildman–Crippen LogP) is 3.35. The number of rotatable bonds is 4. The summed E-state index contributed by atoms with van der Waals surface area (Å²) < 4.78 is 10.7. The molecule has 2 aliphatic rings. The summed E-state index contributed by atoms with van der Waals surface area (Å²) in [4.78, 5) is 18.3. The highest BCUT2D eigenvalue weighted by atomic mass is 16.5. The van der Waals surface area contributed by atoms with E-state index in [-0.39, 0.29) is 11.4 Å². The molecule has 0 amide bonds. The molecule has 2 fully saturated rings. The fourth-order valence-electron chi connectivity index (χ4n) is 4.82. The van der Waals surface area contributed by atoms with Crippen molar-refractivity contribution in [3.63, 3.8) is 0 Å². The molecular weight excluding hydrogens is 328 g/mol. The Morgan fingerprint density at radius 1 is 1.27 bits per heavy atom. The number of carbonyl (C=O) groups is 1. The number of esters is 1. The van der Waals surface area contributed by atoms with Gasteiger partial charge in [-0.3, -0.25) is 9.69 Å². The lowest BCUT2D eigenvalue weighted by Crippen LogP contribution is -2.48. The minimum absolute atomic E-state index is 0.0304. The quantitative estimate of drug-likeness (QED) is 0.854. The van der Waals surface area contributed by atoms with Gasteiger partial charge < -0.3 is 14.5 Å². The maximum absolute atomic E-state index is 12.6. The van der Waals surface area contributed by atoms with E-state index >= 15 is 0 Å². The number of methoxy groups -OCH3 is 1. The van der Waals surface area contributed by atoms with Crippen LogP contribution >= 0.6 is 0 Å². The van der Waals surface area contributed by atoms with Crippen molar-refractivity contribution in [1.29, 1.82) is 0 Å². The van der Waals surface area contributed by atoms with Crippen LogP contribution in [0.1, 0.15) is 31.2 Å². The Labute approximate surface area is 154 Å². The molecule has 0 bridgehead atoms. The first-order valence-electron chi connectivity index (χ1n) is 9.66. The average molecular weight is 356 g/mol. The van der Waals surface area contributed by atoms with E-state index in [1.807, 2.05) is 6.20 Å². The maximum Gasteiger partial charge on any atom is 0.312 e. The van der Waals surface area contributed by atoms with Gasteiger partial charge in [0.25, 0.3) is 0 Å². The number of fused-ring (bicyclic) bond motifs is 1. The molecule has 0 radical (unpaired) electrons. The smallest absolute Gasteiger partial charge is 0.312 e. The van der Waals surface area contributed by atoms with Gasteiger partial charge in [0.15, 0.2) is 0 Å². The molecule has 26 heavy (non-hydrogen) atoms. The zero-order chi connectivity index (χ0) is 18.0. The van der Waals surface area contributed by atoms with Crippen molar-refractivity contribution in [2.24, 2.45) is 11.3 Å². The molecule has 1 N–H and O–H groups in total. The van der Waals surface area contributed by atoms with Crippen LogP contribution in [0.3, 0.4) is 0 Å². The van der Waals surface area contributed by atoms with E-state index in [1.54, 1.807) is 0 Å². The monoisotopic (exact) mass is 356 g/mol. The minimum atomic E-state index is -0.330. The zero-order valence-corrected chi connectivity index (χ0v) is 15.5. The average Bonchev–Trinajstić information content (AvgIpc) is 3.16. The van der Waals surface area contributed by atoms with Crippen molar-refractivity contribution in [1.82, 2.24) is 9.88 Å². The Hall–Kier alpha value is -1.85. The topological polar surface area (TPSA) is 54.6 Å². The Kier molecular flexibility index (Phi) is 5.00. The second kappa shape index (κ2) is 7.41. The normalized spacial score (nSPS) is 21.7. The Morgan fingerprint density at radius 3 is 2.77 bits per heavy atom. The molecule has 140 valence electrons. The molecule has 0 unspecified atom stereocenters. The van der Waals surface area contributed by atoms with E-state index in [2.05, 4.69) is 34.1 Å². The summed E-state index contributed by atoms with van der Waals surface area (Å²) in [6.45, 7) is 4.39. The van der Waals surface area contributed by atoms with Gasteiger partial charge in [-0.15, -0.1) is 0 Å². The number of benzene rings is 1. The van der Waals surface area contributed by atoms with Crippen molar-refractivity contribution in [3.05, 3.63) is 36.0 Å². The molecule has 2 aliphatic heterocycles. The number of nitrogens with zero attached hydrogens (tertiary/aromatic N) is 1. The lowest BCUT2D eigenvalue weighted by atomic mass is 9.66. The standard InChI is InChI=1S/C21H28N2O3/c1-25-20(24)21(7-12-26-13-8-21)18-5-10-23(11-6-18)15-16-2-3-19-17(14-16)4-9-22-19/h2-4,9,14,18,22H,5-8,10-13,15H2,1H3. The molecule has 1 aromatic carbocycles. The van der Waals surface area contributed by atoms with Crippen LogP contribution < -0.4 is 0 Å². The molecule has 2 saturated heterocycles. The van der Waals surface area contributed by atoms with E-state index < -0.39 is 0 Å². The van der Waals surface area contributed by atoms with Crippen LogP contribution in [0.2, 0.25) is 0 Å². The lowest BCUT2D eigenvalue weighted by Gasteiger charge is -2.44. The molecule has 0 atom stereocenters. The zero-order valence-electron chi connectivity index (χ0n) is 15.5. The first kappa shape index (κ1) is 17.6. The molecule has 5 heteroatoms. The van der Waals surface area contributed by atoms with Crippen LogP contribution in [0.15, 0.2) is 30.5 Å². The van der Waals surface area contributed by atoms with Gasteiger partial charge in [-0.2, -0.15) is 0 Å². The molecule has 0 spiro atoms. The summed E-state index contributed by atoms with van der Waals surface area (Å²) in [7, 11) is 1.52. The number of aromatic nitrogens is 1. The molecule has 5 nitrogen and oxygen atoms in total. The van der Waals surface area contributed by atoms with Gasteiger partial charge in [0.1, 0.15) is 0 Å².